The van der Waals surface area contributed by atoms with Gasteiger partial charge in [0.05, 0.1) is 21.9 Å². The number of aromatic nitrogens is 1. The molecule has 40 heavy (non-hydrogen) atoms. The van der Waals surface area contributed by atoms with E-state index in [0.717, 1.165) is 44.3 Å². The molecular weight excluding hydrogens is 524 g/mol. The topological polar surface area (TPSA) is 106 Å². The summed E-state index contributed by atoms with van der Waals surface area (Å²) in [6, 6.07) is 21.4. The van der Waals surface area contributed by atoms with Gasteiger partial charge in [0.25, 0.3) is 5.91 Å². The first kappa shape index (κ1) is 27.6. The molecule has 0 unspecified atom stereocenters. The zero-order valence-electron chi connectivity index (χ0n) is 22.8. The number of likely N-dealkylation sites (tertiary alicyclic amines) is 1. The van der Waals surface area contributed by atoms with Gasteiger partial charge >= 0.3 is 0 Å². The van der Waals surface area contributed by atoms with Crippen LogP contribution in [0.1, 0.15) is 54.1 Å². The van der Waals surface area contributed by atoms with E-state index in [1.165, 1.54) is 4.31 Å². The number of nitrogens with one attached hydrogen (secondary N) is 1. The van der Waals surface area contributed by atoms with E-state index in [9.17, 15) is 18.3 Å². The standard InChI is InChI=1S/C31H34N4O4S/c1-3-4-18-34(2)40(38,39)25-16-17-27-26(21-25)28(30(36)33-27)29(22-10-6-5-7-11-22)32-24-14-12-23(13-15-24)31(37)35-19-8-9-20-35/h5-7,10-17,21,33,36H,3-4,8-9,18-20H2,1-2H3. The van der Waals surface area contributed by atoms with Gasteiger partial charge in [-0.3, -0.25) is 4.79 Å². The number of hydrogen-bond acceptors (Lipinski definition) is 5. The van der Waals surface area contributed by atoms with Crippen LogP contribution in [0.2, 0.25) is 0 Å². The zero-order chi connectivity index (χ0) is 28.3. The van der Waals surface area contributed by atoms with Crippen molar-refractivity contribution in [2.24, 2.45) is 4.99 Å². The van der Waals surface area contributed by atoms with Crippen molar-refractivity contribution in [1.82, 2.24) is 14.2 Å². The third kappa shape index (κ3) is 5.52. The number of amides is 1. The van der Waals surface area contributed by atoms with E-state index in [1.54, 1.807) is 49.5 Å². The molecule has 5 rings (SSSR count). The monoisotopic (exact) mass is 558 g/mol. The number of carbonyl (C=O) groups excluding carboxylic acids is 1. The Morgan fingerprint density at radius 1 is 1.00 bits per heavy atom. The fourth-order valence-corrected chi connectivity index (χ4v) is 6.25. The molecule has 4 aromatic rings. The maximum Gasteiger partial charge on any atom is 0.253 e. The van der Waals surface area contributed by atoms with Crippen molar-refractivity contribution in [2.75, 3.05) is 26.7 Å². The Morgan fingerprint density at radius 3 is 2.38 bits per heavy atom. The van der Waals surface area contributed by atoms with Crippen molar-refractivity contribution in [3.63, 3.8) is 0 Å². The first-order chi connectivity index (χ1) is 19.3. The molecule has 0 saturated carbocycles. The first-order valence-corrected chi connectivity index (χ1v) is 15.1. The lowest BCUT2D eigenvalue weighted by Crippen LogP contribution is -2.27. The minimum absolute atomic E-state index is 0.0169. The molecule has 1 aliphatic heterocycles. The lowest BCUT2D eigenvalue weighted by Gasteiger charge is -2.17. The second-order valence-electron chi connectivity index (χ2n) is 10.1. The molecule has 0 radical (unpaired) electrons. The summed E-state index contributed by atoms with van der Waals surface area (Å²) in [5.74, 6) is -0.0875. The highest BCUT2D eigenvalue weighted by Gasteiger charge is 2.25. The van der Waals surface area contributed by atoms with Crippen molar-refractivity contribution in [3.05, 3.63) is 89.5 Å². The summed E-state index contributed by atoms with van der Waals surface area (Å²) in [5.41, 5.74) is 3.46. The largest absolute Gasteiger partial charge is 0.494 e. The number of rotatable bonds is 9. The van der Waals surface area contributed by atoms with Gasteiger partial charge < -0.3 is 15.0 Å². The third-order valence-corrected chi connectivity index (χ3v) is 9.17. The molecule has 0 aliphatic carbocycles. The number of nitrogens with zero attached hydrogens (tertiary/aromatic N) is 3. The van der Waals surface area contributed by atoms with E-state index in [-0.39, 0.29) is 16.7 Å². The lowest BCUT2D eigenvalue weighted by atomic mass is 10.0. The number of carbonyl (C=O) groups is 1. The number of aliphatic imine (C=N–C) groups is 1. The van der Waals surface area contributed by atoms with Crippen molar-refractivity contribution >= 4 is 38.2 Å². The van der Waals surface area contributed by atoms with Gasteiger partial charge in [-0.1, -0.05) is 43.7 Å². The van der Waals surface area contributed by atoms with Crippen molar-refractivity contribution in [1.29, 1.82) is 0 Å². The number of hydrogen-bond donors (Lipinski definition) is 2. The Labute approximate surface area is 235 Å². The molecule has 0 atom stereocenters. The number of aromatic hydroxyl groups is 1. The van der Waals surface area contributed by atoms with Crippen LogP contribution in [0.15, 0.2) is 82.7 Å². The van der Waals surface area contributed by atoms with Gasteiger partial charge in [0.1, 0.15) is 0 Å². The maximum absolute atomic E-state index is 13.3. The molecule has 0 bridgehead atoms. The van der Waals surface area contributed by atoms with Gasteiger partial charge in [-0.15, -0.1) is 0 Å². The molecule has 0 spiro atoms. The minimum atomic E-state index is -3.72. The van der Waals surface area contributed by atoms with E-state index >= 15 is 0 Å². The predicted octanol–water partition coefficient (Wildman–Crippen LogP) is 5.70. The number of fused-ring (bicyclic) bond motifs is 1. The van der Waals surface area contributed by atoms with E-state index in [4.69, 9.17) is 4.99 Å². The Bertz CT molecular complexity index is 1640. The van der Waals surface area contributed by atoms with Gasteiger partial charge in [-0.25, -0.2) is 17.7 Å². The van der Waals surface area contributed by atoms with E-state index in [2.05, 4.69) is 4.98 Å². The van der Waals surface area contributed by atoms with Gasteiger partial charge in [-0.2, -0.15) is 0 Å². The van der Waals surface area contributed by atoms with Crippen LogP contribution in [0, 0.1) is 0 Å². The number of unbranched alkanes of at least 4 members (excludes halogenated alkanes) is 1. The van der Waals surface area contributed by atoms with Gasteiger partial charge in [0.15, 0.2) is 5.88 Å². The summed E-state index contributed by atoms with van der Waals surface area (Å²) in [6.07, 6.45) is 3.71. The summed E-state index contributed by atoms with van der Waals surface area (Å²) < 4.78 is 28.0. The van der Waals surface area contributed by atoms with E-state index in [1.807, 2.05) is 42.2 Å². The summed E-state index contributed by atoms with van der Waals surface area (Å²) >= 11 is 0. The first-order valence-electron chi connectivity index (χ1n) is 13.6. The quantitative estimate of drug-likeness (QED) is 0.257. The van der Waals surface area contributed by atoms with Crippen molar-refractivity contribution < 1.29 is 18.3 Å². The molecule has 1 saturated heterocycles. The van der Waals surface area contributed by atoms with Crippen LogP contribution in [0.25, 0.3) is 10.9 Å². The van der Waals surface area contributed by atoms with Gasteiger partial charge in [0, 0.05) is 48.7 Å². The molecule has 1 aromatic heterocycles. The molecule has 208 valence electrons. The molecule has 3 aromatic carbocycles. The number of aromatic amines is 1. The fourth-order valence-electron chi connectivity index (χ4n) is 5.01. The highest BCUT2D eigenvalue weighted by molar-refractivity contribution is 7.89. The van der Waals surface area contributed by atoms with Crippen LogP contribution in [0.3, 0.4) is 0 Å². The Hall–Kier alpha value is -3.95. The minimum Gasteiger partial charge on any atom is -0.494 e. The number of benzene rings is 3. The molecule has 2 N–H and O–H groups in total. The van der Waals surface area contributed by atoms with Gasteiger partial charge in [0.2, 0.25) is 10.0 Å². The zero-order valence-corrected chi connectivity index (χ0v) is 23.6. The second-order valence-corrected chi connectivity index (χ2v) is 12.2. The summed E-state index contributed by atoms with van der Waals surface area (Å²) in [7, 11) is -2.13. The molecule has 9 heteroatoms. The van der Waals surface area contributed by atoms with Gasteiger partial charge in [-0.05, 0) is 61.7 Å². The molecule has 1 aliphatic rings. The van der Waals surface area contributed by atoms with Crippen LogP contribution < -0.4 is 0 Å². The average molecular weight is 559 g/mol. The molecule has 8 nitrogen and oxygen atoms in total. The Morgan fingerprint density at radius 2 is 1.70 bits per heavy atom. The van der Waals surface area contributed by atoms with E-state index in [0.29, 0.717) is 40.0 Å². The maximum atomic E-state index is 13.3. The second kappa shape index (κ2) is 11.7. The van der Waals surface area contributed by atoms with Crippen molar-refractivity contribution in [2.45, 2.75) is 37.5 Å². The SMILES string of the molecule is CCCCN(C)S(=O)(=O)c1ccc2[nH]c(O)c(C(=Nc3ccc(C(=O)N4CCCC4)cc3)c3ccccc3)c2c1. The highest BCUT2D eigenvalue weighted by Crippen LogP contribution is 2.33. The molecule has 1 amide bonds. The summed E-state index contributed by atoms with van der Waals surface area (Å²) in [4.78, 5) is 22.7. The fraction of sp³-hybridized carbons (Fsp3) is 0.290. The average Bonchev–Trinajstić information content (AvgIpc) is 3.62. The summed E-state index contributed by atoms with van der Waals surface area (Å²) in [6.45, 7) is 4.01. The molecule has 2 heterocycles. The van der Waals surface area contributed by atoms with E-state index < -0.39 is 10.0 Å². The lowest BCUT2D eigenvalue weighted by molar-refractivity contribution is 0.0793. The predicted molar refractivity (Wildman–Crippen MR) is 158 cm³/mol. The van der Waals surface area contributed by atoms with Crippen LogP contribution >= 0.6 is 0 Å². The number of sulfonamides is 1. The normalized spacial score (nSPS) is 14.4. The van der Waals surface area contributed by atoms with Crippen LogP contribution in [0.5, 0.6) is 5.88 Å². The van der Waals surface area contributed by atoms with Crippen molar-refractivity contribution in [3.8, 4) is 5.88 Å². The summed E-state index contributed by atoms with van der Waals surface area (Å²) in [5, 5.41) is 11.6. The Balaban J connectivity index is 1.59. The van der Waals surface area contributed by atoms with Crippen LogP contribution in [0.4, 0.5) is 5.69 Å². The highest BCUT2D eigenvalue weighted by atomic mass is 32.2. The third-order valence-electron chi connectivity index (χ3n) is 7.32. The molecule has 1 fully saturated rings. The smallest absolute Gasteiger partial charge is 0.253 e. The van der Waals surface area contributed by atoms with Crippen LogP contribution in [-0.2, 0) is 10.0 Å². The molecular formula is C31H34N4O4S. The number of H-pyrrole nitrogens is 1. The Kier molecular flexibility index (Phi) is 8.04. The van der Waals surface area contributed by atoms with Crippen LogP contribution in [-0.4, -0.2) is 66.0 Å².